The summed E-state index contributed by atoms with van der Waals surface area (Å²) < 4.78 is 0. The summed E-state index contributed by atoms with van der Waals surface area (Å²) in [6.07, 6.45) is 7.27. The molecule has 2 saturated heterocycles. The molecule has 1 amide bonds. The fourth-order valence-corrected chi connectivity index (χ4v) is 4.72. The van der Waals surface area contributed by atoms with Crippen LogP contribution in [0.5, 0.6) is 0 Å². The third-order valence-corrected chi connectivity index (χ3v) is 6.15. The standard InChI is InChI=1S/C20H26N2OS/c1-3-10-21-11-8-18(9-12-21)20(23)22-13-14-24-15-19(22)17-6-4-16(2)5-7-17/h1,4-7,18-19H,8-15H2,2H3. The van der Waals surface area contributed by atoms with Crippen molar-refractivity contribution in [3.63, 3.8) is 0 Å². The Morgan fingerprint density at radius 2 is 1.96 bits per heavy atom. The van der Waals surface area contributed by atoms with Gasteiger partial charge in [0.05, 0.1) is 12.6 Å². The molecule has 2 aliphatic rings. The highest BCUT2D eigenvalue weighted by atomic mass is 32.2. The highest BCUT2D eigenvalue weighted by molar-refractivity contribution is 7.99. The summed E-state index contributed by atoms with van der Waals surface area (Å²) in [5.74, 6) is 5.27. The van der Waals surface area contributed by atoms with E-state index >= 15 is 0 Å². The number of nitrogens with zero attached hydrogens (tertiary/aromatic N) is 2. The van der Waals surface area contributed by atoms with Gasteiger partial charge in [-0.05, 0) is 38.4 Å². The molecule has 1 unspecified atom stereocenters. The number of rotatable bonds is 3. The van der Waals surface area contributed by atoms with E-state index < -0.39 is 0 Å². The van der Waals surface area contributed by atoms with Gasteiger partial charge in [-0.25, -0.2) is 0 Å². The van der Waals surface area contributed by atoms with Crippen molar-refractivity contribution in [3.05, 3.63) is 35.4 Å². The molecule has 4 heteroatoms. The normalized spacial score (nSPS) is 23.0. The molecule has 1 aromatic rings. The highest BCUT2D eigenvalue weighted by Gasteiger charge is 2.34. The number of hydrogen-bond donors (Lipinski definition) is 0. The summed E-state index contributed by atoms with van der Waals surface area (Å²) in [5, 5.41) is 0. The van der Waals surface area contributed by atoms with E-state index in [1.54, 1.807) is 0 Å². The van der Waals surface area contributed by atoms with Crippen LogP contribution in [0.2, 0.25) is 0 Å². The van der Waals surface area contributed by atoms with Crippen LogP contribution in [0.4, 0.5) is 0 Å². The van der Waals surface area contributed by atoms with Crippen LogP contribution in [-0.2, 0) is 4.79 Å². The molecule has 2 aliphatic heterocycles. The van der Waals surface area contributed by atoms with Gasteiger partial charge in [-0.2, -0.15) is 11.8 Å². The van der Waals surface area contributed by atoms with E-state index in [0.717, 1.165) is 44.0 Å². The average Bonchev–Trinajstić information content (AvgIpc) is 2.63. The zero-order valence-corrected chi connectivity index (χ0v) is 15.2. The fraction of sp³-hybridized carbons (Fsp3) is 0.550. The molecule has 3 rings (SSSR count). The molecule has 2 heterocycles. The monoisotopic (exact) mass is 342 g/mol. The second-order valence-corrected chi connectivity index (χ2v) is 7.94. The highest BCUT2D eigenvalue weighted by Crippen LogP contribution is 2.32. The smallest absolute Gasteiger partial charge is 0.226 e. The van der Waals surface area contributed by atoms with Gasteiger partial charge >= 0.3 is 0 Å². The predicted octanol–water partition coefficient (Wildman–Crippen LogP) is 2.96. The molecule has 0 saturated carbocycles. The zero-order valence-electron chi connectivity index (χ0n) is 14.4. The van der Waals surface area contributed by atoms with Gasteiger partial charge in [0.15, 0.2) is 0 Å². The minimum Gasteiger partial charge on any atom is -0.334 e. The Hall–Kier alpha value is -1.44. The molecule has 3 nitrogen and oxygen atoms in total. The maximum atomic E-state index is 13.1. The van der Waals surface area contributed by atoms with Crippen molar-refractivity contribution in [2.45, 2.75) is 25.8 Å². The first kappa shape index (κ1) is 17.4. The van der Waals surface area contributed by atoms with E-state index in [2.05, 4.69) is 46.9 Å². The van der Waals surface area contributed by atoms with Crippen molar-refractivity contribution in [2.24, 2.45) is 5.92 Å². The van der Waals surface area contributed by atoms with Crippen LogP contribution < -0.4 is 0 Å². The summed E-state index contributed by atoms with van der Waals surface area (Å²) in [6.45, 7) is 5.56. The Morgan fingerprint density at radius 1 is 1.25 bits per heavy atom. The number of piperidine rings is 1. The second kappa shape index (κ2) is 8.09. The van der Waals surface area contributed by atoms with Gasteiger partial charge in [-0.15, -0.1) is 6.42 Å². The molecule has 0 aromatic heterocycles. The maximum Gasteiger partial charge on any atom is 0.226 e. The van der Waals surface area contributed by atoms with Crippen molar-refractivity contribution in [1.82, 2.24) is 9.80 Å². The van der Waals surface area contributed by atoms with E-state index in [1.807, 2.05) is 11.8 Å². The van der Waals surface area contributed by atoms with E-state index in [-0.39, 0.29) is 12.0 Å². The van der Waals surface area contributed by atoms with Gasteiger partial charge in [0, 0.05) is 24.0 Å². The van der Waals surface area contributed by atoms with Gasteiger partial charge < -0.3 is 4.90 Å². The molecule has 0 radical (unpaired) electrons. The number of likely N-dealkylation sites (tertiary alicyclic amines) is 1. The van der Waals surface area contributed by atoms with Crippen molar-refractivity contribution in [1.29, 1.82) is 0 Å². The lowest BCUT2D eigenvalue weighted by molar-refractivity contribution is -0.139. The van der Waals surface area contributed by atoms with Crippen LogP contribution in [0.3, 0.4) is 0 Å². The Morgan fingerprint density at radius 3 is 2.62 bits per heavy atom. The van der Waals surface area contributed by atoms with Crippen LogP contribution in [-0.4, -0.2) is 53.4 Å². The van der Waals surface area contributed by atoms with Crippen molar-refractivity contribution in [2.75, 3.05) is 37.7 Å². The quantitative estimate of drug-likeness (QED) is 0.789. The number of terminal acetylenes is 1. The second-order valence-electron chi connectivity index (χ2n) is 6.79. The molecule has 0 aliphatic carbocycles. The molecule has 2 fully saturated rings. The van der Waals surface area contributed by atoms with E-state index in [9.17, 15) is 4.79 Å². The van der Waals surface area contributed by atoms with Crippen LogP contribution in [0.15, 0.2) is 24.3 Å². The van der Waals surface area contributed by atoms with Gasteiger partial charge in [-0.1, -0.05) is 35.7 Å². The fourth-order valence-electron chi connectivity index (χ4n) is 3.63. The number of carbonyl (C=O) groups excluding carboxylic acids is 1. The first-order chi connectivity index (χ1) is 11.7. The molecule has 0 N–H and O–H groups in total. The number of carbonyl (C=O) groups is 1. The van der Waals surface area contributed by atoms with Gasteiger partial charge in [-0.3, -0.25) is 9.69 Å². The minimum absolute atomic E-state index is 0.162. The Kier molecular flexibility index (Phi) is 5.86. The number of amides is 1. The molecule has 1 atom stereocenters. The first-order valence-electron chi connectivity index (χ1n) is 8.79. The number of aryl methyl sites for hydroxylation is 1. The molecule has 0 spiro atoms. The van der Waals surface area contributed by atoms with Crippen molar-refractivity contribution < 1.29 is 4.79 Å². The molecule has 128 valence electrons. The Labute approximate surface area is 149 Å². The number of benzene rings is 1. The first-order valence-corrected chi connectivity index (χ1v) is 9.95. The summed E-state index contributed by atoms with van der Waals surface area (Å²) in [4.78, 5) is 17.5. The van der Waals surface area contributed by atoms with Crippen LogP contribution in [0.1, 0.15) is 30.0 Å². The van der Waals surface area contributed by atoms with E-state index in [4.69, 9.17) is 6.42 Å². The van der Waals surface area contributed by atoms with Crippen molar-refractivity contribution >= 4 is 17.7 Å². The van der Waals surface area contributed by atoms with E-state index in [0.29, 0.717) is 12.5 Å². The van der Waals surface area contributed by atoms with Crippen LogP contribution in [0, 0.1) is 25.2 Å². The Balaban J connectivity index is 1.68. The SMILES string of the molecule is C#CCN1CCC(C(=O)N2CCSCC2c2ccc(C)cc2)CC1. The summed E-state index contributed by atoms with van der Waals surface area (Å²) in [7, 11) is 0. The summed E-state index contributed by atoms with van der Waals surface area (Å²) in [5.41, 5.74) is 2.53. The number of thioether (sulfide) groups is 1. The maximum absolute atomic E-state index is 13.1. The summed E-state index contributed by atoms with van der Waals surface area (Å²) >= 11 is 1.95. The topological polar surface area (TPSA) is 23.6 Å². The lowest BCUT2D eigenvalue weighted by Crippen LogP contribution is -2.46. The predicted molar refractivity (Wildman–Crippen MR) is 101 cm³/mol. The zero-order chi connectivity index (χ0) is 16.9. The van der Waals surface area contributed by atoms with Crippen LogP contribution in [0.25, 0.3) is 0 Å². The molecular weight excluding hydrogens is 316 g/mol. The largest absolute Gasteiger partial charge is 0.334 e. The molecule has 1 aromatic carbocycles. The third kappa shape index (κ3) is 3.96. The average molecular weight is 343 g/mol. The minimum atomic E-state index is 0.162. The summed E-state index contributed by atoms with van der Waals surface area (Å²) in [6, 6.07) is 8.88. The molecule has 24 heavy (non-hydrogen) atoms. The van der Waals surface area contributed by atoms with Gasteiger partial charge in [0.25, 0.3) is 0 Å². The van der Waals surface area contributed by atoms with Crippen LogP contribution >= 0.6 is 11.8 Å². The molecule has 0 bridgehead atoms. The lowest BCUT2D eigenvalue weighted by Gasteiger charge is -2.39. The lowest BCUT2D eigenvalue weighted by atomic mass is 9.93. The number of hydrogen-bond acceptors (Lipinski definition) is 3. The van der Waals surface area contributed by atoms with Gasteiger partial charge in [0.2, 0.25) is 5.91 Å². The van der Waals surface area contributed by atoms with E-state index in [1.165, 1.54) is 11.1 Å². The van der Waals surface area contributed by atoms with Gasteiger partial charge in [0.1, 0.15) is 0 Å². The third-order valence-electron chi connectivity index (χ3n) is 5.13. The molecular formula is C20H26N2OS. The Bertz CT molecular complexity index is 599. The van der Waals surface area contributed by atoms with Crippen molar-refractivity contribution in [3.8, 4) is 12.3 Å².